The highest BCUT2D eigenvalue weighted by atomic mass is 32.2. The number of methoxy groups -OCH3 is 1. The lowest BCUT2D eigenvalue weighted by atomic mass is 10.1. The summed E-state index contributed by atoms with van der Waals surface area (Å²) >= 11 is 1.31. The number of nitrogens with zero attached hydrogens (tertiary/aromatic N) is 3. The van der Waals surface area contributed by atoms with Crippen LogP contribution in [0.4, 0.5) is 5.13 Å². The molecule has 28 heavy (non-hydrogen) atoms. The number of thiazole rings is 1. The Morgan fingerprint density at radius 2 is 2.11 bits per heavy atom. The van der Waals surface area contributed by atoms with Crippen molar-refractivity contribution in [2.45, 2.75) is 12.5 Å². The first-order valence-corrected chi connectivity index (χ1v) is 11.3. The fraction of sp³-hybridized carbons (Fsp3) is 0.278. The number of aromatic nitrogens is 3. The number of amides is 1. The smallest absolute Gasteiger partial charge is 0.277 e. The number of sulfone groups is 1. The molecule has 0 bridgehead atoms. The molecule has 1 aliphatic rings. The van der Waals surface area contributed by atoms with Gasteiger partial charge in [0.15, 0.2) is 20.7 Å². The summed E-state index contributed by atoms with van der Waals surface area (Å²) in [5, 5.41) is 9.40. The topological polar surface area (TPSA) is 103 Å². The Kier molecular flexibility index (Phi) is 4.90. The van der Waals surface area contributed by atoms with Gasteiger partial charge in [-0.2, -0.15) is 5.10 Å². The second kappa shape index (κ2) is 7.36. The molecule has 1 saturated heterocycles. The minimum absolute atomic E-state index is 0.0192. The molecule has 0 saturated carbocycles. The largest absolute Gasteiger partial charge is 0.497 e. The van der Waals surface area contributed by atoms with Crippen molar-refractivity contribution < 1.29 is 17.9 Å². The average Bonchev–Trinajstić information content (AvgIpc) is 3.41. The summed E-state index contributed by atoms with van der Waals surface area (Å²) in [7, 11) is -1.51. The van der Waals surface area contributed by atoms with Crippen molar-refractivity contribution in [2.24, 2.45) is 0 Å². The highest BCUT2D eigenvalue weighted by Crippen LogP contribution is 2.31. The predicted octanol–water partition coefficient (Wildman–Crippen LogP) is 2.63. The Balaban J connectivity index is 1.71. The lowest BCUT2D eigenvalue weighted by molar-refractivity contribution is 0.102. The van der Waals surface area contributed by atoms with Crippen molar-refractivity contribution in [3.05, 3.63) is 47.6 Å². The summed E-state index contributed by atoms with van der Waals surface area (Å²) in [6, 6.07) is 8.72. The number of hydrogen-bond donors (Lipinski definition) is 1. The van der Waals surface area contributed by atoms with Gasteiger partial charge in [-0.15, -0.1) is 11.3 Å². The Morgan fingerprint density at radius 1 is 1.32 bits per heavy atom. The van der Waals surface area contributed by atoms with Gasteiger partial charge >= 0.3 is 0 Å². The summed E-state index contributed by atoms with van der Waals surface area (Å²) in [6.07, 6.45) is 2.08. The number of hydrogen-bond acceptors (Lipinski definition) is 7. The standard InChI is InChI=1S/C18H18N4O4S2/c1-26-14-4-2-12(3-5-14)16-10-15(17(23)20-18-19-7-8-27-18)21-22(16)13-6-9-28(24,25)11-13/h2-5,7-8,10,13H,6,9,11H2,1H3,(H,19,20,23)/t13-/m1/s1. The van der Waals surface area contributed by atoms with E-state index in [2.05, 4.69) is 15.4 Å². The van der Waals surface area contributed by atoms with Crippen LogP contribution in [0, 0.1) is 0 Å². The van der Waals surface area contributed by atoms with Gasteiger partial charge in [-0.3, -0.25) is 14.8 Å². The minimum Gasteiger partial charge on any atom is -0.497 e. The summed E-state index contributed by atoms with van der Waals surface area (Å²) in [4.78, 5) is 16.6. The van der Waals surface area contributed by atoms with Crippen LogP contribution in [-0.2, 0) is 9.84 Å². The maximum Gasteiger partial charge on any atom is 0.277 e. The van der Waals surface area contributed by atoms with Crippen LogP contribution >= 0.6 is 11.3 Å². The van der Waals surface area contributed by atoms with Crippen molar-refractivity contribution in [2.75, 3.05) is 23.9 Å². The molecule has 146 valence electrons. The quantitative estimate of drug-likeness (QED) is 0.683. The Morgan fingerprint density at radius 3 is 2.71 bits per heavy atom. The normalized spacial score (nSPS) is 18.1. The summed E-state index contributed by atoms with van der Waals surface area (Å²) in [5.41, 5.74) is 1.73. The Hall–Kier alpha value is -2.72. The molecule has 1 atom stereocenters. The van der Waals surface area contributed by atoms with Gasteiger partial charge in [-0.1, -0.05) is 0 Å². The van der Waals surface area contributed by atoms with Crippen LogP contribution in [0.3, 0.4) is 0 Å². The van der Waals surface area contributed by atoms with E-state index in [1.807, 2.05) is 24.3 Å². The average molecular weight is 419 g/mol. The van der Waals surface area contributed by atoms with Gasteiger partial charge in [0.05, 0.1) is 30.4 Å². The third-order valence-corrected chi connectivity index (χ3v) is 7.00. The molecular formula is C18H18N4O4S2. The number of nitrogens with one attached hydrogen (secondary N) is 1. The van der Waals surface area contributed by atoms with E-state index in [0.717, 1.165) is 5.56 Å². The molecule has 3 aromatic rings. The molecule has 1 amide bonds. The third-order valence-electron chi connectivity index (χ3n) is 4.56. The van der Waals surface area contributed by atoms with Crippen molar-refractivity contribution in [1.82, 2.24) is 14.8 Å². The molecule has 8 nitrogen and oxygen atoms in total. The van der Waals surface area contributed by atoms with E-state index in [-0.39, 0.29) is 29.1 Å². The second-order valence-corrected chi connectivity index (χ2v) is 9.56. The maximum atomic E-state index is 12.6. The van der Waals surface area contributed by atoms with Crippen LogP contribution in [0.15, 0.2) is 41.9 Å². The molecule has 4 rings (SSSR count). The molecule has 0 spiro atoms. The Bertz CT molecular complexity index is 1090. The van der Waals surface area contributed by atoms with Crippen LogP contribution in [0.2, 0.25) is 0 Å². The van der Waals surface area contributed by atoms with Gasteiger partial charge in [-0.05, 0) is 36.8 Å². The van der Waals surface area contributed by atoms with Gasteiger partial charge in [-0.25, -0.2) is 13.4 Å². The third kappa shape index (κ3) is 3.78. The van der Waals surface area contributed by atoms with Crippen molar-refractivity contribution >= 4 is 32.2 Å². The minimum atomic E-state index is -3.09. The first-order chi connectivity index (χ1) is 13.4. The van der Waals surface area contributed by atoms with Gasteiger partial charge in [0, 0.05) is 17.1 Å². The second-order valence-electron chi connectivity index (χ2n) is 6.44. The van der Waals surface area contributed by atoms with E-state index < -0.39 is 9.84 Å². The monoisotopic (exact) mass is 418 g/mol. The van der Waals surface area contributed by atoms with Crippen LogP contribution < -0.4 is 10.1 Å². The SMILES string of the molecule is COc1ccc(-c2cc(C(=O)Nc3nccs3)nn2[C@@H]2CCS(=O)(=O)C2)cc1. The van der Waals surface area contributed by atoms with Gasteiger partial charge < -0.3 is 4.74 Å². The molecule has 0 aliphatic carbocycles. The zero-order valence-electron chi connectivity index (χ0n) is 15.0. The van der Waals surface area contributed by atoms with E-state index in [9.17, 15) is 13.2 Å². The molecule has 1 aliphatic heterocycles. The summed E-state index contributed by atoms with van der Waals surface area (Å²) in [5.74, 6) is 0.468. The maximum absolute atomic E-state index is 12.6. The van der Waals surface area contributed by atoms with E-state index in [1.54, 1.807) is 29.4 Å². The molecule has 1 fully saturated rings. The summed E-state index contributed by atoms with van der Waals surface area (Å²) < 4.78 is 30.8. The van der Waals surface area contributed by atoms with Gasteiger partial charge in [0.25, 0.3) is 5.91 Å². The predicted molar refractivity (Wildman–Crippen MR) is 107 cm³/mol. The first-order valence-electron chi connectivity index (χ1n) is 8.60. The van der Waals surface area contributed by atoms with Crippen LogP contribution in [0.1, 0.15) is 23.0 Å². The number of ether oxygens (including phenoxy) is 1. The lowest BCUT2D eigenvalue weighted by Gasteiger charge is -2.13. The highest BCUT2D eigenvalue weighted by molar-refractivity contribution is 7.91. The molecule has 1 N–H and O–H groups in total. The van der Waals surface area contributed by atoms with Crippen molar-refractivity contribution in [3.8, 4) is 17.0 Å². The first kappa shape index (κ1) is 18.6. The Labute approximate surface area is 166 Å². The molecule has 3 heterocycles. The van der Waals surface area contributed by atoms with Crippen LogP contribution in [0.5, 0.6) is 5.75 Å². The molecule has 1 aromatic carbocycles. The van der Waals surface area contributed by atoms with Crippen molar-refractivity contribution in [1.29, 1.82) is 0 Å². The van der Waals surface area contributed by atoms with Gasteiger partial charge in [0.2, 0.25) is 0 Å². The van der Waals surface area contributed by atoms with E-state index in [4.69, 9.17) is 4.74 Å². The van der Waals surface area contributed by atoms with Gasteiger partial charge in [0.1, 0.15) is 5.75 Å². The number of carbonyl (C=O) groups excluding carboxylic acids is 1. The molecule has 10 heteroatoms. The van der Waals surface area contributed by atoms with Crippen LogP contribution in [-0.4, -0.2) is 47.7 Å². The molecule has 0 radical (unpaired) electrons. The van der Waals surface area contributed by atoms with E-state index >= 15 is 0 Å². The highest BCUT2D eigenvalue weighted by Gasteiger charge is 2.32. The van der Waals surface area contributed by atoms with E-state index in [1.165, 1.54) is 11.3 Å². The fourth-order valence-corrected chi connectivity index (χ4v) is 5.39. The van der Waals surface area contributed by atoms with E-state index in [0.29, 0.717) is 23.0 Å². The lowest BCUT2D eigenvalue weighted by Crippen LogP contribution is -2.16. The van der Waals surface area contributed by atoms with Crippen molar-refractivity contribution in [3.63, 3.8) is 0 Å². The fourth-order valence-electron chi connectivity index (χ4n) is 3.18. The summed E-state index contributed by atoms with van der Waals surface area (Å²) in [6.45, 7) is 0. The number of anilines is 1. The molecule has 0 unspecified atom stereocenters. The zero-order chi connectivity index (χ0) is 19.7. The number of rotatable bonds is 5. The molecule has 2 aromatic heterocycles. The molecular weight excluding hydrogens is 400 g/mol. The van der Waals surface area contributed by atoms with Crippen LogP contribution in [0.25, 0.3) is 11.3 Å². The zero-order valence-corrected chi connectivity index (χ0v) is 16.7. The number of carbonyl (C=O) groups is 1. The number of benzene rings is 1.